The molecule has 1 rings (SSSR count). The standard InChI is InChI=1S/C15H25N3O3S/c1-12(2)15(19)16-10-11-18(22(5,20)21)14-8-6-13(7-9-14)17(3)4/h6-9,12H,10-11H2,1-5H3,(H,16,19). The molecule has 0 radical (unpaired) electrons. The normalized spacial score (nSPS) is 11.4. The summed E-state index contributed by atoms with van der Waals surface area (Å²) in [6.07, 6.45) is 1.16. The first-order valence-corrected chi connectivity index (χ1v) is 9.00. The zero-order valence-corrected chi connectivity index (χ0v) is 14.6. The van der Waals surface area contributed by atoms with Gasteiger partial charge in [-0.05, 0) is 24.3 Å². The third kappa shape index (κ3) is 5.22. The molecular formula is C15H25N3O3S. The average Bonchev–Trinajstić information content (AvgIpc) is 2.42. The summed E-state index contributed by atoms with van der Waals surface area (Å²) in [5.74, 6) is -0.206. The van der Waals surface area contributed by atoms with E-state index in [-0.39, 0.29) is 24.9 Å². The number of carbonyl (C=O) groups excluding carboxylic acids is 1. The Hall–Kier alpha value is -1.76. The van der Waals surface area contributed by atoms with Crippen LogP contribution in [0.2, 0.25) is 0 Å². The summed E-state index contributed by atoms with van der Waals surface area (Å²) < 4.78 is 25.2. The zero-order valence-electron chi connectivity index (χ0n) is 13.8. The van der Waals surface area contributed by atoms with Gasteiger partial charge in [0.25, 0.3) is 0 Å². The van der Waals surface area contributed by atoms with Crippen LogP contribution >= 0.6 is 0 Å². The van der Waals surface area contributed by atoms with Crippen LogP contribution in [0.15, 0.2) is 24.3 Å². The van der Waals surface area contributed by atoms with E-state index in [1.54, 1.807) is 26.0 Å². The summed E-state index contributed by atoms with van der Waals surface area (Å²) in [6, 6.07) is 7.25. The lowest BCUT2D eigenvalue weighted by Gasteiger charge is -2.23. The Bertz CT molecular complexity index is 595. The second kappa shape index (κ2) is 7.49. The van der Waals surface area contributed by atoms with E-state index in [2.05, 4.69) is 5.32 Å². The van der Waals surface area contributed by atoms with E-state index in [9.17, 15) is 13.2 Å². The van der Waals surface area contributed by atoms with Crippen molar-refractivity contribution < 1.29 is 13.2 Å². The smallest absolute Gasteiger partial charge is 0.232 e. The van der Waals surface area contributed by atoms with Gasteiger partial charge in [0.15, 0.2) is 0 Å². The SMILES string of the molecule is CC(C)C(=O)NCCN(c1ccc(N(C)C)cc1)S(C)(=O)=O. The van der Waals surface area contributed by atoms with Gasteiger partial charge in [0, 0.05) is 32.2 Å². The van der Waals surface area contributed by atoms with Crippen LogP contribution in [0.25, 0.3) is 0 Å². The average molecular weight is 327 g/mol. The predicted octanol–water partition coefficient (Wildman–Crippen LogP) is 1.29. The molecule has 0 aliphatic heterocycles. The first kappa shape index (κ1) is 18.3. The highest BCUT2D eigenvalue weighted by Crippen LogP contribution is 2.21. The second-order valence-corrected chi connectivity index (χ2v) is 7.60. The highest BCUT2D eigenvalue weighted by Gasteiger charge is 2.17. The molecule has 0 heterocycles. The summed E-state index contributed by atoms with van der Waals surface area (Å²) in [5, 5.41) is 2.73. The Balaban J connectivity index is 2.84. The quantitative estimate of drug-likeness (QED) is 0.819. The number of nitrogens with one attached hydrogen (secondary N) is 1. The predicted molar refractivity (Wildman–Crippen MR) is 90.8 cm³/mol. The fourth-order valence-corrected chi connectivity index (χ4v) is 2.82. The summed E-state index contributed by atoms with van der Waals surface area (Å²) in [7, 11) is 0.442. The van der Waals surface area contributed by atoms with E-state index in [1.165, 1.54) is 4.31 Å². The molecule has 0 unspecified atom stereocenters. The molecule has 1 amide bonds. The van der Waals surface area contributed by atoms with Crippen molar-refractivity contribution in [1.29, 1.82) is 0 Å². The summed E-state index contributed by atoms with van der Waals surface area (Å²) >= 11 is 0. The molecule has 0 saturated carbocycles. The molecule has 124 valence electrons. The van der Waals surface area contributed by atoms with Gasteiger partial charge in [0.2, 0.25) is 15.9 Å². The fraction of sp³-hybridized carbons (Fsp3) is 0.533. The highest BCUT2D eigenvalue weighted by atomic mass is 32.2. The summed E-state index contributed by atoms with van der Waals surface area (Å²) in [6.45, 7) is 4.07. The summed E-state index contributed by atoms with van der Waals surface area (Å²) in [5.41, 5.74) is 1.58. The van der Waals surface area contributed by atoms with Gasteiger partial charge in [0.05, 0.1) is 18.5 Å². The van der Waals surface area contributed by atoms with Crippen LogP contribution in [0, 0.1) is 5.92 Å². The Labute approximate surface area is 133 Å². The number of anilines is 2. The van der Waals surface area contributed by atoms with Crippen LogP contribution < -0.4 is 14.5 Å². The minimum absolute atomic E-state index is 0.0867. The van der Waals surface area contributed by atoms with Crippen molar-refractivity contribution in [3.8, 4) is 0 Å². The molecule has 7 heteroatoms. The zero-order chi connectivity index (χ0) is 16.9. The van der Waals surface area contributed by atoms with Gasteiger partial charge >= 0.3 is 0 Å². The van der Waals surface area contributed by atoms with Crippen LogP contribution in [-0.4, -0.2) is 47.8 Å². The maximum Gasteiger partial charge on any atom is 0.232 e. The van der Waals surface area contributed by atoms with Crippen molar-refractivity contribution in [3.63, 3.8) is 0 Å². The van der Waals surface area contributed by atoms with Crippen LogP contribution in [0.5, 0.6) is 0 Å². The Morgan fingerprint density at radius 3 is 2.05 bits per heavy atom. The number of nitrogens with zero attached hydrogens (tertiary/aromatic N) is 2. The molecule has 1 aromatic rings. The minimum atomic E-state index is -3.40. The second-order valence-electron chi connectivity index (χ2n) is 5.69. The molecule has 6 nitrogen and oxygen atoms in total. The lowest BCUT2D eigenvalue weighted by molar-refractivity contribution is -0.123. The fourth-order valence-electron chi connectivity index (χ4n) is 1.89. The molecule has 0 fully saturated rings. The number of rotatable bonds is 7. The van der Waals surface area contributed by atoms with Crippen molar-refractivity contribution in [3.05, 3.63) is 24.3 Å². The Morgan fingerprint density at radius 1 is 1.14 bits per heavy atom. The Morgan fingerprint density at radius 2 is 1.64 bits per heavy atom. The lowest BCUT2D eigenvalue weighted by Crippen LogP contribution is -2.39. The van der Waals surface area contributed by atoms with Crippen molar-refractivity contribution in [2.24, 2.45) is 5.92 Å². The van der Waals surface area contributed by atoms with Gasteiger partial charge in [-0.3, -0.25) is 9.10 Å². The highest BCUT2D eigenvalue weighted by molar-refractivity contribution is 7.92. The third-order valence-corrected chi connectivity index (χ3v) is 4.39. The molecule has 1 aromatic carbocycles. The lowest BCUT2D eigenvalue weighted by atomic mass is 10.2. The molecule has 0 atom stereocenters. The topological polar surface area (TPSA) is 69.7 Å². The van der Waals surface area contributed by atoms with Crippen LogP contribution in [0.3, 0.4) is 0 Å². The Kier molecular flexibility index (Phi) is 6.22. The molecule has 1 N–H and O–H groups in total. The van der Waals surface area contributed by atoms with Crippen molar-refractivity contribution in [1.82, 2.24) is 5.32 Å². The van der Waals surface area contributed by atoms with Gasteiger partial charge in [-0.2, -0.15) is 0 Å². The summed E-state index contributed by atoms with van der Waals surface area (Å²) in [4.78, 5) is 13.5. The molecular weight excluding hydrogens is 302 g/mol. The van der Waals surface area contributed by atoms with Crippen LogP contribution in [-0.2, 0) is 14.8 Å². The number of hydrogen-bond acceptors (Lipinski definition) is 4. The largest absolute Gasteiger partial charge is 0.378 e. The van der Waals surface area contributed by atoms with E-state index in [4.69, 9.17) is 0 Å². The maximum absolute atomic E-state index is 12.0. The molecule has 0 bridgehead atoms. The first-order chi connectivity index (χ1) is 10.1. The minimum Gasteiger partial charge on any atom is -0.378 e. The monoisotopic (exact) mass is 327 g/mol. The van der Waals surface area contributed by atoms with Crippen LogP contribution in [0.4, 0.5) is 11.4 Å². The number of carbonyl (C=O) groups is 1. The van der Waals surface area contributed by atoms with Gasteiger partial charge < -0.3 is 10.2 Å². The molecule has 0 aliphatic rings. The van der Waals surface area contributed by atoms with Crippen molar-refractivity contribution >= 4 is 27.3 Å². The van der Waals surface area contributed by atoms with Gasteiger partial charge in [0.1, 0.15) is 0 Å². The molecule has 0 saturated heterocycles. The van der Waals surface area contributed by atoms with E-state index < -0.39 is 10.0 Å². The van der Waals surface area contributed by atoms with E-state index in [1.807, 2.05) is 31.1 Å². The van der Waals surface area contributed by atoms with E-state index in [0.717, 1.165) is 11.9 Å². The van der Waals surface area contributed by atoms with Gasteiger partial charge in [-0.25, -0.2) is 8.42 Å². The van der Waals surface area contributed by atoms with Gasteiger partial charge in [-0.1, -0.05) is 13.8 Å². The maximum atomic E-state index is 12.0. The number of sulfonamides is 1. The molecule has 0 spiro atoms. The first-order valence-electron chi connectivity index (χ1n) is 7.15. The van der Waals surface area contributed by atoms with E-state index in [0.29, 0.717) is 5.69 Å². The van der Waals surface area contributed by atoms with Crippen molar-refractivity contribution in [2.75, 3.05) is 42.6 Å². The molecule has 0 aromatic heterocycles. The number of benzene rings is 1. The number of amides is 1. The molecule has 0 aliphatic carbocycles. The van der Waals surface area contributed by atoms with Gasteiger partial charge in [-0.15, -0.1) is 0 Å². The van der Waals surface area contributed by atoms with Crippen molar-refractivity contribution in [2.45, 2.75) is 13.8 Å². The molecule has 22 heavy (non-hydrogen) atoms. The van der Waals surface area contributed by atoms with Crippen LogP contribution in [0.1, 0.15) is 13.8 Å². The third-order valence-electron chi connectivity index (χ3n) is 3.19. The van der Waals surface area contributed by atoms with E-state index >= 15 is 0 Å². The number of hydrogen-bond donors (Lipinski definition) is 1.